The molecule has 0 radical (unpaired) electrons. The van der Waals surface area contributed by atoms with Crippen molar-refractivity contribution in [3.05, 3.63) is 15.1 Å². The Labute approximate surface area is 131 Å². The topological polar surface area (TPSA) is 37.8 Å². The molecule has 100 valence electrons. The van der Waals surface area contributed by atoms with E-state index < -0.39 is 0 Å². The van der Waals surface area contributed by atoms with Crippen molar-refractivity contribution in [2.75, 3.05) is 29.6 Å². The number of nitrogens with zero attached hydrogens (tertiary/aromatic N) is 2. The Morgan fingerprint density at radius 3 is 2.83 bits per heavy atom. The fourth-order valence-electron chi connectivity index (χ4n) is 1.86. The lowest BCUT2D eigenvalue weighted by Gasteiger charge is -2.21. The van der Waals surface area contributed by atoms with Crippen LogP contribution in [-0.4, -0.2) is 34.3 Å². The molecule has 3 nitrogen and oxygen atoms in total. The van der Waals surface area contributed by atoms with Gasteiger partial charge in [-0.3, -0.25) is 0 Å². The standard InChI is InChI=1S/C12H18IN3S2/c1-3-4-8-10(13)12(14-2)16-11(15-8)9-7-17-5-6-18-9/h9H,3-7H2,1-2H3,(H,14,15,16). The van der Waals surface area contributed by atoms with Gasteiger partial charge in [-0.2, -0.15) is 11.8 Å². The van der Waals surface area contributed by atoms with Gasteiger partial charge in [0, 0.05) is 24.3 Å². The number of halogens is 1. The smallest absolute Gasteiger partial charge is 0.144 e. The molecule has 1 aliphatic rings. The van der Waals surface area contributed by atoms with E-state index in [9.17, 15) is 0 Å². The van der Waals surface area contributed by atoms with Crippen LogP contribution in [0.4, 0.5) is 5.82 Å². The molecular weight excluding hydrogens is 377 g/mol. The van der Waals surface area contributed by atoms with Crippen molar-refractivity contribution >= 4 is 51.9 Å². The van der Waals surface area contributed by atoms with Gasteiger partial charge in [0.05, 0.1) is 14.5 Å². The van der Waals surface area contributed by atoms with Crippen LogP contribution in [-0.2, 0) is 6.42 Å². The van der Waals surface area contributed by atoms with Gasteiger partial charge in [0.15, 0.2) is 0 Å². The maximum Gasteiger partial charge on any atom is 0.144 e. The second-order valence-corrected chi connectivity index (χ2v) is 7.66. The monoisotopic (exact) mass is 395 g/mol. The van der Waals surface area contributed by atoms with E-state index in [4.69, 9.17) is 9.97 Å². The first-order valence-electron chi connectivity index (χ1n) is 6.19. The SMILES string of the molecule is CCCc1nc(C2CSCCS2)nc(NC)c1I. The maximum atomic E-state index is 4.80. The van der Waals surface area contributed by atoms with Gasteiger partial charge in [-0.1, -0.05) is 13.3 Å². The van der Waals surface area contributed by atoms with Gasteiger partial charge < -0.3 is 5.32 Å². The van der Waals surface area contributed by atoms with Crippen molar-refractivity contribution in [1.29, 1.82) is 0 Å². The number of anilines is 1. The van der Waals surface area contributed by atoms with Gasteiger partial charge in [0.2, 0.25) is 0 Å². The van der Waals surface area contributed by atoms with Gasteiger partial charge in [-0.05, 0) is 29.0 Å². The molecule has 2 rings (SSSR count). The molecule has 0 aliphatic carbocycles. The van der Waals surface area contributed by atoms with E-state index in [0.29, 0.717) is 5.25 Å². The normalized spacial score (nSPS) is 19.8. The summed E-state index contributed by atoms with van der Waals surface area (Å²) in [4.78, 5) is 9.49. The number of nitrogens with one attached hydrogen (secondary N) is 1. The summed E-state index contributed by atoms with van der Waals surface area (Å²) in [5.41, 5.74) is 1.20. The van der Waals surface area contributed by atoms with Gasteiger partial charge in [-0.25, -0.2) is 9.97 Å². The van der Waals surface area contributed by atoms with Crippen molar-refractivity contribution in [3.8, 4) is 0 Å². The number of hydrogen-bond donors (Lipinski definition) is 1. The lowest BCUT2D eigenvalue weighted by molar-refractivity contribution is 0.823. The summed E-state index contributed by atoms with van der Waals surface area (Å²) in [5, 5.41) is 3.66. The van der Waals surface area contributed by atoms with Crippen molar-refractivity contribution in [2.45, 2.75) is 25.0 Å². The minimum Gasteiger partial charge on any atom is -0.372 e. The fourth-order valence-corrected chi connectivity index (χ4v) is 5.24. The van der Waals surface area contributed by atoms with E-state index in [0.717, 1.165) is 30.2 Å². The van der Waals surface area contributed by atoms with Crippen molar-refractivity contribution in [2.24, 2.45) is 0 Å². The van der Waals surface area contributed by atoms with Gasteiger partial charge in [0.25, 0.3) is 0 Å². The number of hydrogen-bond acceptors (Lipinski definition) is 5. The third kappa shape index (κ3) is 3.45. The molecule has 1 aliphatic heterocycles. The van der Waals surface area contributed by atoms with Crippen molar-refractivity contribution in [1.82, 2.24) is 9.97 Å². The third-order valence-corrected chi connectivity index (χ3v) is 6.65. The molecule has 0 spiro atoms. The number of aryl methyl sites for hydroxylation is 1. The Kier molecular flexibility index (Phi) is 5.88. The molecule has 2 heterocycles. The highest BCUT2D eigenvalue weighted by atomic mass is 127. The third-order valence-electron chi connectivity index (χ3n) is 2.76. The number of thioether (sulfide) groups is 2. The fraction of sp³-hybridized carbons (Fsp3) is 0.667. The van der Waals surface area contributed by atoms with Crippen LogP contribution < -0.4 is 5.32 Å². The molecule has 0 bridgehead atoms. The zero-order chi connectivity index (χ0) is 13.0. The molecule has 18 heavy (non-hydrogen) atoms. The molecule has 1 aromatic rings. The van der Waals surface area contributed by atoms with Gasteiger partial charge in [-0.15, -0.1) is 11.8 Å². The highest BCUT2D eigenvalue weighted by Gasteiger charge is 2.21. The molecule has 0 amide bonds. The Balaban J connectivity index is 2.31. The average Bonchev–Trinajstić information content (AvgIpc) is 2.42. The summed E-state index contributed by atoms with van der Waals surface area (Å²) >= 11 is 6.36. The van der Waals surface area contributed by atoms with E-state index in [1.165, 1.54) is 20.8 Å². The lowest BCUT2D eigenvalue weighted by atomic mass is 10.2. The molecule has 0 aromatic carbocycles. The molecule has 1 saturated heterocycles. The summed E-state index contributed by atoms with van der Waals surface area (Å²) in [7, 11) is 1.94. The predicted octanol–water partition coefficient (Wildman–Crippen LogP) is 3.60. The van der Waals surface area contributed by atoms with E-state index in [1.807, 2.05) is 30.6 Å². The maximum absolute atomic E-state index is 4.80. The minimum atomic E-state index is 0.462. The molecule has 1 aromatic heterocycles. The first-order valence-corrected chi connectivity index (χ1v) is 9.47. The zero-order valence-corrected chi connectivity index (χ0v) is 14.5. The first kappa shape index (κ1) is 14.7. The second-order valence-electron chi connectivity index (χ2n) is 4.13. The Morgan fingerprint density at radius 1 is 1.39 bits per heavy atom. The van der Waals surface area contributed by atoms with Crippen LogP contribution in [0, 0.1) is 3.57 Å². The molecule has 0 saturated carbocycles. The van der Waals surface area contributed by atoms with Gasteiger partial charge >= 0.3 is 0 Å². The van der Waals surface area contributed by atoms with Crippen LogP contribution >= 0.6 is 46.1 Å². The number of aromatic nitrogens is 2. The van der Waals surface area contributed by atoms with E-state index >= 15 is 0 Å². The van der Waals surface area contributed by atoms with Gasteiger partial charge in [0.1, 0.15) is 11.6 Å². The number of rotatable bonds is 4. The molecule has 1 fully saturated rings. The van der Waals surface area contributed by atoms with Crippen LogP contribution in [0.2, 0.25) is 0 Å². The molecule has 1 unspecified atom stereocenters. The van der Waals surface area contributed by atoms with Crippen LogP contribution in [0.3, 0.4) is 0 Å². The largest absolute Gasteiger partial charge is 0.372 e. The Bertz CT molecular complexity index is 409. The summed E-state index contributed by atoms with van der Waals surface area (Å²) < 4.78 is 1.18. The van der Waals surface area contributed by atoms with Crippen molar-refractivity contribution < 1.29 is 0 Å². The molecule has 1 atom stereocenters. The summed E-state index contributed by atoms with van der Waals surface area (Å²) in [6.07, 6.45) is 2.16. The highest BCUT2D eigenvalue weighted by molar-refractivity contribution is 14.1. The van der Waals surface area contributed by atoms with E-state index in [2.05, 4.69) is 34.8 Å². The molecule has 6 heteroatoms. The zero-order valence-electron chi connectivity index (χ0n) is 10.7. The quantitative estimate of drug-likeness (QED) is 0.789. The lowest BCUT2D eigenvalue weighted by Crippen LogP contribution is -2.14. The highest BCUT2D eigenvalue weighted by Crippen LogP contribution is 2.36. The molecule has 1 N–H and O–H groups in total. The Hall–Kier alpha value is 0.310. The van der Waals surface area contributed by atoms with Crippen LogP contribution in [0.1, 0.15) is 30.1 Å². The second kappa shape index (κ2) is 7.19. The van der Waals surface area contributed by atoms with Crippen LogP contribution in [0.25, 0.3) is 0 Å². The minimum absolute atomic E-state index is 0.462. The Morgan fingerprint density at radius 2 is 2.22 bits per heavy atom. The summed E-state index contributed by atoms with van der Waals surface area (Å²) in [6, 6.07) is 0. The van der Waals surface area contributed by atoms with Crippen molar-refractivity contribution in [3.63, 3.8) is 0 Å². The summed E-state index contributed by atoms with van der Waals surface area (Å²) in [5.74, 6) is 5.61. The summed E-state index contributed by atoms with van der Waals surface area (Å²) in [6.45, 7) is 2.20. The predicted molar refractivity (Wildman–Crippen MR) is 90.8 cm³/mol. The first-order chi connectivity index (χ1) is 8.76. The van der Waals surface area contributed by atoms with E-state index in [-0.39, 0.29) is 0 Å². The van der Waals surface area contributed by atoms with E-state index in [1.54, 1.807) is 0 Å². The molecular formula is C12H18IN3S2. The average molecular weight is 395 g/mol. The van der Waals surface area contributed by atoms with Crippen LogP contribution in [0.5, 0.6) is 0 Å². The van der Waals surface area contributed by atoms with Crippen LogP contribution in [0.15, 0.2) is 0 Å².